The lowest BCUT2D eigenvalue weighted by Crippen LogP contribution is -2.48. The van der Waals surface area contributed by atoms with Crippen LogP contribution in [-0.2, 0) is 9.53 Å². The highest BCUT2D eigenvalue weighted by atomic mass is 16.5. The molecule has 0 aliphatic carbocycles. The van der Waals surface area contributed by atoms with Crippen molar-refractivity contribution < 1.29 is 9.53 Å². The molecular formula is C19H34N2O2. The Labute approximate surface area is 142 Å². The van der Waals surface area contributed by atoms with Gasteiger partial charge in [-0.25, -0.2) is 0 Å². The molecule has 0 saturated carbocycles. The average Bonchev–Trinajstić information content (AvgIpc) is 2.57. The summed E-state index contributed by atoms with van der Waals surface area (Å²) in [7, 11) is 0. The molecule has 1 N–H and O–H groups in total. The molecule has 0 aromatic heterocycles. The molecular weight excluding hydrogens is 288 g/mol. The second-order valence-electron chi connectivity index (χ2n) is 6.50. The van der Waals surface area contributed by atoms with Crippen molar-refractivity contribution in [2.75, 3.05) is 32.8 Å². The molecule has 0 aromatic rings. The smallest absolute Gasteiger partial charge is 0.223 e. The Balaban J connectivity index is 2.34. The van der Waals surface area contributed by atoms with E-state index in [9.17, 15) is 4.79 Å². The summed E-state index contributed by atoms with van der Waals surface area (Å²) in [6, 6.07) is 0. The molecule has 3 atom stereocenters. The van der Waals surface area contributed by atoms with Gasteiger partial charge < -0.3 is 10.1 Å². The molecule has 1 amide bonds. The maximum atomic E-state index is 12.2. The third kappa shape index (κ3) is 7.85. The Kier molecular flexibility index (Phi) is 9.98. The maximum absolute atomic E-state index is 12.2. The fourth-order valence-corrected chi connectivity index (χ4v) is 2.71. The normalized spacial score (nSPS) is 21.1. The van der Waals surface area contributed by atoms with Crippen molar-refractivity contribution in [3.8, 4) is 11.8 Å². The van der Waals surface area contributed by atoms with Crippen molar-refractivity contribution in [3.63, 3.8) is 0 Å². The lowest BCUT2D eigenvalue weighted by Gasteiger charge is -2.32. The first-order valence-electron chi connectivity index (χ1n) is 9.20. The molecule has 0 bridgehead atoms. The highest BCUT2D eigenvalue weighted by Gasteiger charge is 2.22. The third-order valence-corrected chi connectivity index (χ3v) is 4.49. The van der Waals surface area contributed by atoms with Gasteiger partial charge in [-0.2, -0.15) is 0 Å². The van der Waals surface area contributed by atoms with Crippen molar-refractivity contribution in [3.05, 3.63) is 0 Å². The van der Waals surface area contributed by atoms with Crippen molar-refractivity contribution in [1.29, 1.82) is 0 Å². The second kappa shape index (κ2) is 11.5. The number of hydrogen-bond acceptors (Lipinski definition) is 3. The SMILES string of the molecule is CCCC(CC)C(=O)NC[C@H]1CN(CC#CC(C)CC)CCO1. The molecule has 132 valence electrons. The van der Waals surface area contributed by atoms with Crippen molar-refractivity contribution in [2.45, 2.75) is 59.5 Å². The van der Waals surface area contributed by atoms with Gasteiger partial charge in [-0.3, -0.25) is 9.69 Å². The van der Waals surface area contributed by atoms with Gasteiger partial charge in [0.15, 0.2) is 0 Å². The van der Waals surface area contributed by atoms with Crippen LogP contribution in [0, 0.1) is 23.7 Å². The molecule has 1 rings (SSSR count). The minimum absolute atomic E-state index is 0.0808. The fraction of sp³-hybridized carbons (Fsp3) is 0.842. The minimum atomic E-state index is 0.0808. The number of carbonyl (C=O) groups is 1. The quantitative estimate of drug-likeness (QED) is 0.699. The topological polar surface area (TPSA) is 41.6 Å². The van der Waals surface area contributed by atoms with Gasteiger partial charge in [0.2, 0.25) is 5.91 Å². The molecule has 23 heavy (non-hydrogen) atoms. The molecule has 0 aromatic carbocycles. The van der Waals surface area contributed by atoms with Gasteiger partial charge >= 0.3 is 0 Å². The van der Waals surface area contributed by atoms with Gasteiger partial charge in [0.1, 0.15) is 0 Å². The monoisotopic (exact) mass is 322 g/mol. The number of amides is 1. The Morgan fingerprint density at radius 1 is 1.35 bits per heavy atom. The van der Waals surface area contributed by atoms with Crippen LogP contribution in [0.3, 0.4) is 0 Å². The second-order valence-corrected chi connectivity index (χ2v) is 6.50. The molecule has 1 saturated heterocycles. The summed E-state index contributed by atoms with van der Waals surface area (Å²) < 4.78 is 5.78. The van der Waals surface area contributed by atoms with Crippen LogP contribution in [0.1, 0.15) is 53.4 Å². The van der Waals surface area contributed by atoms with Gasteiger partial charge in [0.25, 0.3) is 0 Å². The molecule has 1 fully saturated rings. The number of ether oxygens (including phenoxy) is 1. The summed E-state index contributed by atoms with van der Waals surface area (Å²) in [5.74, 6) is 7.33. The molecule has 2 unspecified atom stereocenters. The number of nitrogens with zero attached hydrogens (tertiary/aromatic N) is 1. The summed E-state index contributed by atoms with van der Waals surface area (Å²) >= 11 is 0. The van der Waals surface area contributed by atoms with Crippen LogP contribution in [0.15, 0.2) is 0 Å². The number of hydrogen-bond donors (Lipinski definition) is 1. The number of carbonyl (C=O) groups excluding carboxylic acids is 1. The van der Waals surface area contributed by atoms with Gasteiger partial charge in [0.05, 0.1) is 19.3 Å². The van der Waals surface area contributed by atoms with Gasteiger partial charge in [-0.05, 0) is 19.3 Å². The van der Waals surface area contributed by atoms with Crippen LogP contribution >= 0.6 is 0 Å². The first-order chi connectivity index (χ1) is 11.1. The van der Waals surface area contributed by atoms with Crippen LogP contribution in [0.2, 0.25) is 0 Å². The van der Waals surface area contributed by atoms with E-state index in [1.165, 1.54) is 0 Å². The molecule has 4 heteroatoms. The van der Waals surface area contributed by atoms with Crippen LogP contribution in [0.5, 0.6) is 0 Å². The minimum Gasteiger partial charge on any atom is -0.374 e. The molecule has 1 aliphatic heterocycles. The Morgan fingerprint density at radius 3 is 2.78 bits per heavy atom. The summed E-state index contributed by atoms with van der Waals surface area (Å²) in [4.78, 5) is 14.5. The van der Waals surface area contributed by atoms with E-state index in [4.69, 9.17) is 4.74 Å². The van der Waals surface area contributed by atoms with E-state index in [1.807, 2.05) is 0 Å². The fourth-order valence-electron chi connectivity index (χ4n) is 2.71. The average molecular weight is 322 g/mol. The Bertz CT molecular complexity index is 400. The van der Waals surface area contributed by atoms with Crippen LogP contribution in [-0.4, -0.2) is 49.7 Å². The van der Waals surface area contributed by atoms with Gasteiger partial charge in [-0.1, -0.05) is 46.0 Å². The van der Waals surface area contributed by atoms with Crippen molar-refractivity contribution in [2.24, 2.45) is 11.8 Å². The first kappa shape index (κ1) is 20.0. The van der Waals surface area contributed by atoms with Crippen LogP contribution in [0.25, 0.3) is 0 Å². The number of nitrogens with one attached hydrogen (secondary N) is 1. The van der Waals surface area contributed by atoms with E-state index in [2.05, 4.69) is 49.8 Å². The zero-order valence-electron chi connectivity index (χ0n) is 15.4. The first-order valence-corrected chi connectivity index (χ1v) is 9.20. The molecule has 0 spiro atoms. The lowest BCUT2D eigenvalue weighted by molar-refractivity contribution is -0.126. The highest BCUT2D eigenvalue weighted by Crippen LogP contribution is 2.11. The summed E-state index contributed by atoms with van der Waals surface area (Å²) in [5, 5.41) is 3.07. The standard InChI is InChI=1S/C19H34N2O2/c1-5-9-17(7-3)19(22)20-14-18-15-21(12-13-23-18)11-8-10-16(4)6-2/h16-18H,5-7,9,11-15H2,1-4H3,(H,20,22)/t16?,17?,18-/m0/s1. The molecule has 1 aliphatic rings. The predicted molar refractivity (Wildman–Crippen MR) is 95.1 cm³/mol. The third-order valence-electron chi connectivity index (χ3n) is 4.49. The highest BCUT2D eigenvalue weighted by molar-refractivity contribution is 5.78. The van der Waals surface area contributed by atoms with E-state index < -0.39 is 0 Å². The predicted octanol–water partition coefficient (Wildman–Crippen LogP) is 2.68. The van der Waals surface area contributed by atoms with E-state index in [1.54, 1.807) is 0 Å². The molecule has 4 nitrogen and oxygen atoms in total. The molecule has 1 heterocycles. The van der Waals surface area contributed by atoms with E-state index >= 15 is 0 Å². The Morgan fingerprint density at radius 2 is 2.13 bits per heavy atom. The van der Waals surface area contributed by atoms with Crippen LogP contribution in [0.4, 0.5) is 0 Å². The van der Waals surface area contributed by atoms with E-state index in [-0.39, 0.29) is 17.9 Å². The summed E-state index contributed by atoms with van der Waals surface area (Å²) in [6.45, 7) is 12.4. The number of morpholine rings is 1. The van der Waals surface area contributed by atoms with Gasteiger partial charge in [0, 0.05) is 31.5 Å². The molecule has 0 radical (unpaired) electrons. The van der Waals surface area contributed by atoms with Crippen molar-refractivity contribution in [1.82, 2.24) is 10.2 Å². The van der Waals surface area contributed by atoms with E-state index in [0.717, 1.165) is 51.9 Å². The summed E-state index contributed by atoms with van der Waals surface area (Å²) in [6.07, 6.45) is 4.10. The lowest BCUT2D eigenvalue weighted by atomic mass is 10.00. The van der Waals surface area contributed by atoms with Crippen LogP contribution < -0.4 is 5.32 Å². The Hall–Kier alpha value is -1.05. The zero-order chi connectivity index (χ0) is 17.1. The largest absolute Gasteiger partial charge is 0.374 e. The number of rotatable bonds is 8. The van der Waals surface area contributed by atoms with Gasteiger partial charge in [-0.15, -0.1) is 0 Å². The zero-order valence-corrected chi connectivity index (χ0v) is 15.4. The van der Waals surface area contributed by atoms with E-state index in [0.29, 0.717) is 12.5 Å². The van der Waals surface area contributed by atoms with Crippen molar-refractivity contribution >= 4 is 5.91 Å². The maximum Gasteiger partial charge on any atom is 0.223 e. The summed E-state index contributed by atoms with van der Waals surface area (Å²) in [5.41, 5.74) is 0.